The molecule has 2 heteroatoms. The average molecular weight is 188 g/mol. The van der Waals surface area contributed by atoms with E-state index in [0.29, 0.717) is 0 Å². The van der Waals surface area contributed by atoms with Crippen LogP contribution in [0.15, 0.2) is 18.2 Å². The molecule has 0 spiro atoms. The molecule has 0 bridgehead atoms. The molecule has 14 heavy (non-hydrogen) atoms. The van der Waals surface area contributed by atoms with Crippen LogP contribution in [0.2, 0.25) is 0 Å². The molecule has 0 aromatic carbocycles. The van der Waals surface area contributed by atoms with Crippen molar-refractivity contribution < 1.29 is 0 Å². The standard InChI is InChI=1S/C12H16N2/c1-4-7-10-11(8-5-2)14-12(13-10)9-6-3/h4-9H,1-3H3,(H,13,14). The Hall–Kier alpha value is -1.57. The summed E-state index contributed by atoms with van der Waals surface area (Å²) < 4.78 is 0. The summed E-state index contributed by atoms with van der Waals surface area (Å²) >= 11 is 0. The van der Waals surface area contributed by atoms with Crippen molar-refractivity contribution in [2.24, 2.45) is 0 Å². The Morgan fingerprint density at radius 3 is 2.14 bits per heavy atom. The molecule has 1 N–H and O–H groups in total. The van der Waals surface area contributed by atoms with Gasteiger partial charge in [0.1, 0.15) is 5.82 Å². The van der Waals surface area contributed by atoms with E-state index in [2.05, 4.69) is 9.97 Å². The van der Waals surface area contributed by atoms with Crippen molar-refractivity contribution in [2.45, 2.75) is 20.8 Å². The summed E-state index contributed by atoms with van der Waals surface area (Å²) in [5.41, 5.74) is 2.04. The number of H-pyrrole nitrogens is 1. The SMILES string of the molecule is CC=Cc1nc(C=CC)c(C=CC)[nH]1. The highest BCUT2D eigenvalue weighted by Gasteiger charge is 2.01. The molecule has 0 unspecified atom stereocenters. The summed E-state index contributed by atoms with van der Waals surface area (Å²) in [7, 11) is 0. The molecule has 0 saturated heterocycles. The first kappa shape index (κ1) is 10.5. The number of nitrogens with one attached hydrogen (secondary N) is 1. The predicted octanol–water partition coefficient (Wildman–Crippen LogP) is 3.51. The molecule has 0 aliphatic rings. The molecule has 1 aromatic rings. The van der Waals surface area contributed by atoms with Crippen LogP contribution in [-0.2, 0) is 0 Å². The van der Waals surface area contributed by atoms with Crippen LogP contribution in [0.3, 0.4) is 0 Å². The van der Waals surface area contributed by atoms with Gasteiger partial charge in [-0.05, 0) is 39.0 Å². The summed E-state index contributed by atoms with van der Waals surface area (Å²) in [6.45, 7) is 5.96. The first-order valence-corrected chi connectivity index (χ1v) is 4.80. The van der Waals surface area contributed by atoms with Crippen LogP contribution in [0.1, 0.15) is 38.0 Å². The molecule has 0 radical (unpaired) electrons. The minimum Gasteiger partial charge on any atom is -0.338 e. The molecule has 0 saturated carbocycles. The Morgan fingerprint density at radius 2 is 1.57 bits per heavy atom. The third-order valence-electron chi connectivity index (χ3n) is 1.76. The molecular weight excluding hydrogens is 172 g/mol. The lowest BCUT2D eigenvalue weighted by Crippen LogP contribution is -1.75. The molecule has 74 valence electrons. The van der Waals surface area contributed by atoms with Crippen molar-refractivity contribution in [3.8, 4) is 0 Å². The fourth-order valence-corrected chi connectivity index (χ4v) is 1.24. The zero-order valence-corrected chi connectivity index (χ0v) is 8.91. The maximum absolute atomic E-state index is 4.43. The summed E-state index contributed by atoms with van der Waals surface area (Å²) in [4.78, 5) is 7.66. The van der Waals surface area contributed by atoms with E-state index >= 15 is 0 Å². The van der Waals surface area contributed by atoms with Crippen molar-refractivity contribution in [1.82, 2.24) is 9.97 Å². The van der Waals surface area contributed by atoms with Crippen LogP contribution in [0.5, 0.6) is 0 Å². The summed E-state index contributed by atoms with van der Waals surface area (Å²) in [6.07, 6.45) is 11.9. The molecule has 0 amide bonds. The number of aromatic nitrogens is 2. The highest BCUT2D eigenvalue weighted by atomic mass is 14.9. The Kier molecular flexibility index (Phi) is 3.92. The van der Waals surface area contributed by atoms with Gasteiger partial charge in [-0.2, -0.15) is 0 Å². The Bertz CT molecular complexity index is 338. The smallest absolute Gasteiger partial charge is 0.130 e. The van der Waals surface area contributed by atoms with E-state index in [-0.39, 0.29) is 0 Å². The first-order valence-electron chi connectivity index (χ1n) is 4.80. The second-order valence-corrected chi connectivity index (χ2v) is 2.92. The lowest BCUT2D eigenvalue weighted by atomic mass is 10.3. The minimum absolute atomic E-state index is 0.897. The van der Waals surface area contributed by atoms with E-state index in [4.69, 9.17) is 0 Å². The molecule has 0 atom stereocenters. The number of hydrogen-bond donors (Lipinski definition) is 1. The van der Waals surface area contributed by atoms with E-state index in [0.717, 1.165) is 17.2 Å². The number of rotatable bonds is 3. The van der Waals surface area contributed by atoms with Crippen LogP contribution in [0, 0.1) is 0 Å². The Morgan fingerprint density at radius 1 is 0.929 bits per heavy atom. The normalized spacial score (nSPS) is 12.5. The monoisotopic (exact) mass is 188 g/mol. The van der Waals surface area contributed by atoms with Crippen molar-refractivity contribution in [3.63, 3.8) is 0 Å². The van der Waals surface area contributed by atoms with Crippen LogP contribution in [-0.4, -0.2) is 9.97 Å². The lowest BCUT2D eigenvalue weighted by molar-refractivity contribution is 1.25. The first-order chi connectivity index (χ1) is 6.81. The third-order valence-corrected chi connectivity index (χ3v) is 1.76. The molecule has 0 aliphatic carbocycles. The fraction of sp³-hybridized carbons (Fsp3) is 0.250. The van der Waals surface area contributed by atoms with Crippen molar-refractivity contribution in [3.05, 3.63) is 35.4 Å². The number of aromatic amines is 1. The van der Waals surface area contributed by atoms with Gasteiger partial charge >= 0.3 is 0 Å². The van der Waals surface area contributed by atoms with Gasteiger partial charge in [-0.25, -0.2) is 4.98 Å². The van der Waals surface area contributed by atoms with Gasteiger partial charge in [0.05, 0.1) is 11.4 Å². The molecule has 1 heterocycles. The van der Waals surface area contributed by atoms with Gasteiger partial charge in [-0.3, -0.25) is 0 Å². The van der Waals surface area contributed by atoms with Crippen molar-refractivity contribution in [2.75, 3.05) is 0 Å². The molecule has 0 fully saturated rings. The Balaban J connectivity index is 3.11. The third kappa shape index (κ3) is 2.46. The van der Waals surface area contributed by atoms with Crippen LogP contribution >= 0.6 is 0 Å². The van der Waals surface area contributed by atoms with Gasteiger partial charge in [0.25, 0.3) is 0 Å². The minimum atomic E-state index is 0.897. The zero-order chi connectivity index (χ0) is 10.4. The van der Waals surface area contributed by atoms with Gasteiger partial charge in [-0.1, -0.05) is 18.2 Å². The number of imidazole rings is 1. The van der Waals surface area contributed by atoms with E-state index in [9.17, 15) is 0 Å². The number of nitrogens with zero attached hydrogens (tertiary/aromatic N) is 1. The molecule has 1 rings (SSSR count). The quantitative estimate of drug-likeness (QED) is 0.772. The van der Waals surface area contributed by atoms with Gasteiger partial charge in [0.2, 0.25) is 0 Å². The van der Waals surface area contributed by atoms with Crippen molar-refractivity contribution in [1.29, 1.82) is 0 Å². The van der Waals surface area contributed by atoms with E-state index < -0.39 is 0 Å². The maximum atomic E-state index is 4.43. The number of hydrogen-bond acceptors (Lipinski definition) is 1. The van der Waals surface area contributed by atoms with E-state index in [1.54, 1.807) is 0 Å². The topological polar surface area (TPSA) is 28.7 Å². The summed E-state index contributed by atoms with van der Waals surface area (Å²) in [6, 6.07) is 0. The predicted molar refractivity (Wildman–Crippen MR) is 62.7 cm³/mol. The maximum Gasteiger partial charge on any atom is 0.130 e. The molecule has 1 aromatic heterocycles. The van der Waals surface area contributed by atoms with E-state index in [1.807, 2.05) is 57.2 Å². The zero-order valence-electron chi connectivity index (χ0n) is 8.91. The van der Waals surface area contributed by atoms with Crippen LogP contribution in [0.4, 0.5) is 0 Å². The van der Waals surface area contributed by atoms with Crippen LogP contribution in [0.25, 0.3) is 18.2 Å². The molecule has 0 aliphatic heterocycles. The average Bonchev–Trinajstić information content (AvgIpc) is 2.50. The van der Waals surface area contributed by atoms with Gasteiger partial charge in [0.15, 0.2) is 0 Å². The second kappa shape index (κ2) is 5.22. The van der Waals surface area contributed by atoms with Crippen molar-refractivity contribution >= 4 is 18.2 Å². The summed E-state index contributed by atoms with van der Waals surface area (Å²) in [5, 5.41) is 0. The fourth-order valence-electron chi connectivity index (χ4n) is 1.24. The molecule has 2 nitrogen and oxygen atoms in total. The lowest BCUT2D eigenvalue weighted by Gasteiger charge is -1.87. The Labute approximate surface area is 85.1 Å². The highest BCUT2D eigenvalue weighted by molar-refractivity contribution is 5.61. The van der Waals surface area contributed by atoms with Gasteiger partial charge in [-0.15, -0.1) is 0 Å². The van der Waals surface area contributed by atoms with Crippen LogP contribution < -0.4 is 0 Å². The summed E-state index contributed by atoms with van der Waals surface area (Å²) in [5.74, 6) is 0.897. The van der Waals surface area contributed by atoms with Gasteiger partial charge in [0, 0.05) is 0 Å². The van der Waals surface area contributed by atoms with E-state index in [1.165, 1.54) is 0 Å². The molecular formula is C12H16N2. The highest BCUT2D eigenvalue weighted by Crippen LogP contribution is 2.11. The second-order valence-electron chi connectivity index (χ2n) is 2.92. The van der Waals surface area contributed by atoms with Gasteiger partial charge < -0.3 is 4.98 Å². The largest absolute Gasteiger partial charge is 0.338 e. The number of allylic oxidation sites excluding steroid dienone is 3.